The van der Waals surface area contributed by atoms with E-state index in [9.17, 15) is 4.79 Å². The van der Waals surface area contributed by atoms with Gasteiger partial charge in [-0.3, -0.25) is 4.79 Å². The van der Waals surface area contributed by atoms with Crippen molar-refractivity contribution in [1.29, 1.82) is 0 Å². The number of hydrogen-bond acceptors (Lipinski definition) is 2. The highest BCUT2D eigenvalue weighted by molar-refractivity contribution is 5.98. The maximum Gasteiger partial charge on any atom is 0.160 e. The van der Waals surface area contributed by atoms with Crippen molar-refractivity contribution >= 4 is 11.5 Å². The SMILES string of the molecule is CC1N/C(=C\C(=O)C2CCCCC2)c2ccccc2C1(C)C. The Bertz CT molecular complexity index is 593. The van der Waals surface area contributed by atoms with Crippen LogP contribution in [0, 0.1) is 5.92 Å². The first kappa shape index (κ1) is 15.3. The zero-order valence-corrected chi connectivity index (χ0v) is 14.0. The lowest BCUT2D eigenvalue weighted by Gasteiger charge is -2.41. The molecule has 1 fully saturated rings. The second-order valence-electron chi connectivity index (χ2n) is 7.43. The fourth-order valence-corrected chi connectivity index (χ4v) is 3.77. The molecule has 1 aliphatic heterocycles. The largest absolute Gasteiger partial charge is 0.381 e. The van der Waals surface area contributed by atoms with Crippen LogP contribution in [-0.2, 0) is 10.2 Å². The molecule has 0 saturated heterocycles. The average molecular weight is 297 g/mol. The number of nitrogens with one attached hydrogen (secondary N) is 1. The van der Waals surface area contributed by atoms with E-state index in [4.69, 9.17) is 0 Å². The van der Waals surface area contributed by atoms with Gasteiger partial charge < -0.3 is 5.32 Å². The van der Waals surface area contributed by atoms with Gasteiger partial charge in [-0.1, -0.05) is 57.4 Å². The van der Waals surface area contributed by atoms with E-state index < -0.39 is 0 Å². The highest BCUT2D eigenvalue weighted by atomic mass is 16.1. The van der Waals surface area contributed by atoms with Crippen LogP contribution in [0.1, 0.15) is 64.0 Å². The third-order valence-corrected chi connectivity index (χ3v) is 5.66. The fourth-order valence-electron chi connectivity index (χ4n) is 3.77. The van der Waals surface area contributed by atoms with Crippen molar-refractivity contribution in [2.75, 3.05) is 0 Å². The molecule has 1 saturated carbocycles. The van der Waals surface area contributed by atoms with Gasteiger partial charge in [0.2, 0.25) is 0 Å². The van der Waals surface area contributed by atoms with Crippen LogP contribution in [0.5, 0.6) is 0 Å². The van der Waals surface area contributed by atoms with Crippen molar-refractivity contribution in [3.8, 4) is 0 Å². The minimum atomic E-state index is 0.0712. The first-order chi connectivity index (χ1) is 10.5. The van der Waals surface area contributed by atoms with Crippen LogP contribution in [0.3, 0.4) is 0 Å². The molecule has 22 heavy (non-hydrogen) atoms. The van der Waals surface area contributed by atoms with Gasteiger partial charge in [0.05, 0.1) is 0 Å². The molecule has 0 spiro atoms. The molecule has 118 valence electrons. The van der Waals surface area contributed by atoms with E-state index in [1.54, 1.807) is 0 Å². The Balaban J connectivity index is 1.94. The summed E-state index contributed by atoms with van der Waals surface area (Å²) in [5, 5.41) is 3.57. The zero-order chi connectivity index (χ0) is 15.7. The van der Waals surface area contributed by atoms with E-state index in [1.807, 2.05) is 6.08 Å². The second kappa shape index (κ2) is 5.91. The molecule has 0 amide bonds. The minimum Gasteiger partial charge on any atom is -0.381 e. The molecule has 0 bridgehead atoms. The van der Waals surface area contributed by atoms with E-state index in [1.165, 1.54) is 30.4 Å². The van der Waals surface area contributed by atoms with E-state index >= 15 is 0 Å². The van der Waals surface area contributed by atoms with Crippen molar-refractivity contribution in [1.82, 2.24) is 5.32 Å². The molecule has 2 heteroatoms. The smallest absolute Gasteiger partial charge is 0.160 e. The third kappa shape index (κ3) is 2.71. The normalized spacial score (nSPS) is 26.3. The Labute approximate surface area is 134 Å². The van der Waals surface area contributed by atoms with E-state index in [-0.39, 0.29) is 11.3 Å². The van der Waals surface area contributed by atoms with Gasteiger partial charge in [0, 0.05) is 34.7 Å². The molecule has 1 aromatic rings. The predicted molar refractivity (Wildman–Crippen MR) is 91.6 cm³/mol. The van der Waals surface area contributed by atoms with Crippen molar-refractivity contribution in [2.24, 2.45) is 5.92 Å². The molecule has 1 unspecified atom stereocenters. The van der Waals surface area contributed by atoms with Crippen molar-refractivity contribution in [3.63, 3.8) is 0 Å². The summed E-state index contributed by atoms with van der Waals surface area (Å²) >= 11 is 0. The Morgan fingerprint density at radius 2 is 1.86 bits per heavy atom. The summed E-state index contributed by atoms with van der Waals surface area (Å²) in [6.07, 6.45) is 7.68. The van der Waals surface area contributed by atoms with Crippen molar-refractivity contribution in [3.05, 3.63) is 41.5 Å². The monoisotopic (exact) mass is 297 g/mol. The molecule has 0 radical (unpaired) electrons. The van der Waals surface area contributed by atoms with E-state index in [2.05, 4.69) is 50.4 Å². The van der Waals surface area contributed by atoms with Gasteiger partial charge in [-0.25, -0.2) is 0 Å². The lowest BCUT2D eigenvalue weighted by molar-refractivity contribution is -0.119. The Morgan fingerprint density at radius 3 is 2.59 bits per heavy atom. The quantitative estimate of drug-likeness (QED) is 0.817. The van der Waals surface area contributed by atoms with Crippen LogP contribution in [0.2, 0.25) is 0 Å². The average Bonchev–Trinajstić information content (AvgIpc) is 2.53. The number of rotatable bonds is 2. The highest BCUT2D eigenvalue weighted by Gasteiger charge is 2.35. The van der Waals surface area contributed by atoms with Gasteiger partial charge in [-0.05, 0) is 25.3 Å². The second-order valence-corrected chi connectivity index (χ2v) is 7.43. The van der Waals surface area contributed by atoms with Crippen LogP contribution < -0.4 is 5.32 Å². The van der Waals surface area contributed by atoms with Gasteiger partial charge in [0.25, 0.3) is 0 Å². The Hall–Kier alpha value is -1.57. The van der Waals surface area contributed by atoms with Crippen molar-refractivity contribution in [2.45, 2.75) is 64.3 Å². The number of allylic oxidation sites excluding steroid dienone is 1. The summed E-state index contributed by atoms with van der Waals surface area (Å²) < 4.78 is 0. The van der Waals surface area contributed by atoms with Crippen molar-refractivity contribution < 1.29 is 4.79 Å². The zero-order valence-electron chi connectivity index (χ0n) is 14.0. The summed E-state index contributed by atoms with van der Waals surface area (Å²) in [6, 6.07) is 8.81. The summed E-state index contributed by atoms with van der Waals surface area (Å²) in [5.74, 6) is 0.546. The molecule has 1 atom stereocenters. The lowest BCUT2D eigenvalue weighted by atomic mass is 9.72. The van der Waals surface area contributed by atoms with Crippen LogP contribution in [-0.4, -0.2) is 11.8 Å². The molecular formula is C20H27NO. The number of benzene rings is 1. The Kier molecular flexibility index (Phi) is 4.12. The van der Waals surface area contributed by atoms with Crippen LogP contribution in [0.15, 0.2) is 30.3 Å². The number of ketones is 1. The molecule has 1 aromatic carbocycles. The van der Waals surface area contributed by atoms with Gasteiger partial charge in [-0.15, -0.1) is 0 Å². The summed E-state index contributed by atoms with van der Waals surface area (Å²) in [5.41, 5.74) is 3.61. The van der Waals surface area contributed by atoms with Crippen LogP contribution in [0.4, 0.5) is 0 Å². The van der Waals surface area contributed by atoms with E-state index in [0.717, 1.165) is 18.5 Å². The standard InChI is InChI=1S/C20H27NO/c1-14-20(2,3)17-12-8-7-11-16(17)18(21-14)13-19(22)15-9-5-4-6-10-15/h7-8,11-15,21H,4-6,9-10H2,1-3H3/b18-13-. The molecule has 2 aliphatic rings. The number of fused-ring (bicyclic) bond motifs is 1. The van der Waals surface area contributed by atoms with Gasteiger partial charge in [0.1, 0.15) is 0 Å². The number of carbonyl (C=O) groups excluding carboxylic acids is 1. The maximum absolute atomic E-state index is 12.6. The molecular weight excluding hydrogens is 270 g/mol. The van der Waals surface area contributed by atoms with Crippen LogP contribution >= 0.6 is 0 Å². The molecule has 1 aliphatic carbocycles. The topological polar surface area (TPSA) is 29.1 Å². The number of carbonyl (C=O) groups is 1. The van der Waals surface area contributed by atoms with Gasteiger partial charge >= 0.3 is 0 Å². The molecule has 2 nitrogen and oxygen atoms in total. The highest BCUT2D eigenvalue weighted by Crippen LogP contribution is 2.38. The van der Waals surface area contributed by atoms with Gasteiger partial charge in [0.15, 0.2) is 5.78 Å². The summed E-state index contributed by atoms with van der Waals surface area (Å²) in [6.45, 7) is 6.74. The fraction of sp³-hybridized carbons (Fsp3) is 0.550. The lowest BCUT2D eigenvalue weighted by Crippen LogP contribution is -2.46. The Morgan fingerprint density at radius 1 is 1.18 bits per heavy atom. The van der Waals surface area contributed by atoms with Crippen LogP contribution in [0.25, 0.3) is 5.70 Å². The third-order valence-electron chi connectivity index (χ3n) is 5.66. The summed E-state index contributed by atoms with van der Waals surface area (Å²) in [4.78, 5) is 12.6. The van der Waals surface area contributed by atoms with E-state index in [0.29, 0.717) is 11.8 Å². The minimum absolute atomic E-state index is 0.0712. The van der Waals surface area contributed by atoms with Gasteiger partial charge in [-0.2, -0.15) is 0 Å². The first-order valence-electron chi connectivity index (χ1n) is 8.62. The molecule has 1 heterocycles. The molecule has 0 aromatic heterocycles. The summed E-state index contributed by atoms with van der Waals surface area (Å²) in [7, 11) is 0. The maximum atomic E-state index is 12.6. The number of hydrogen-bond donors (Lipinski definition) is 1. The molecule has 3 rings (SSSR count). The predicted octanol–water partition coefficient (Wildman–Crippen LogP) is 4.45. The molecule has 1 N–H and O–H groups in total. The first-order valence-corrected chi connectivity index (χ1v) is 8.62.